The minimum Gasteiger partial charge on any atom is -0.337 e. The molecule has 0 aromatic heterocycles. The summed E-state index contributed by atoms with van der Waals surface area (Å²) in [6.45, 7) is 7.22. The maximum absolute atomic E-state index is 12.0. The number of carbonyl (C=O) groups excluding carboxylic acids is 1. The highest BCUT2D eigenvalue weighted by atomic mass is 16.2. The first-order valence-corrected chi connectivity index (χ1v) is 6.49. The van der Waals surface area contributed by atoms with Gasteiger partial charge < -0.3 is 15.1 Å². The van der Waals surface area contributed by atoms with E-state index in [0.717, 1.165) is 26.1 Å². The summed E-state index contributed by atoms with van der Waals surface area (Å²) in [5.74, 6) is 0.744. The van der Waals surface area contributed by atoms with Crippen LogP contribution >= 0.6 is 0 Å². The Balaban J connectivity index is 2.56. The summed E-state index contributed by atoms with van der Waals surface area (Å²) in [7, 11) is 6.09. The van der Waals surface area contributed by atoms with Crippen LogP contribution in [0.2, 0.25) is 0 Å². The van der Waals surface area contributed by atoms with Gasteiger partial charge in [0.2, 0.25) is 5.91 Å². The number of hydrogen-bond donors (Lipinski definition) is 1. The van der Waals surface area contributed by atoms with Gasteiger partial charge in [0.05, 0.1) is 0 Å². The van der Waals surface area contributed by atoms with E-state index in [9.17, 15) is 4.79 Å². The predicted octanol–water partition coefficient (Wildman–Crippen LogP) is 0.785. The Morgan fingerprint density at radius 1 is 1.47 bits per heavy atom. The van der Waals surface area contributed by atoms with Gasteiger partial charge in [-0.3, -0.25) is 4.79 Å². The van der Waals surface area contributed by atoms with Crippen LogP contribution in [0.15, 0.2) is 0 Å². The van der Waals surface area contributed by atoms with E-state index in [1.807, 2.05) is 7.05 Å². The van der Waals surface area contributed by atoms with E-state index in [2.05, 4.69) is 43.1 Å². The second-order valence-corrected chi connectivity index (χ2v) is 5.81. The van der Waals surface area contributed by atoms with Crippen molar-refractivity contribution in [3.63, 3.8) is 0 Å². The van der Waals surface area contributed by atoms with Gasteiger partial charge in [0, 0.05) is 31.0 Å². The number of nitrogens with one attached hydrogen (secondary N) is 1. The molecule has 1 fully saturated rings. The fourth-order valence-corrected chi connectivity index (χ4v) is 2.64. The third kappa shape index (κ3) is 3.42. The normalized spacial score (nSPS) is 23.8. The maximum atomic E-state index is 12.0. The fraction of sp³-hybridized carbons (Fsp3) is 0.923. The number of amides is 1. The zero-order valence-corrected chi connectivity index (χ0v) is 11.9. The van der Waals surface area contributed by atoms with Crippen LogP contribution in [0, 0.1) is 5.92 Å². The summed E-state index contributed by atoms with van der Waals surface area (Å²) in [5, 5.41) is 3.19. The van der Waals surface area contributed by atoms with Crippen molar-refractivity contribution in [1.82, 2.24) is 15.1 Å². The van der Waals surface area contributed by atoms with Crippen molar-refractivity contribution >= 4 is 5.91 Å². The van der Waals surface area contributed by atoms with Crippen molar-refractivity contribution in [2.75, 3.05) is 40.8 Å². The summed E-state index contributed by atoms with van der Waals surface area (Å²) >= 11 is 0. The van der Waals surface area contributed by atoms with Crippen molar-refractivity contribution in [3.8, 4) is 0 Å². The minimum atomic E-state index is -0.00753. The van der Waals surface area contributed by atoms with E-state index in [1.165, 1.54) is 0 Å². The van der Waals surface area contributed by atoms with Gasteiger partial charge in [0.25, 0.3) is 0 Å². The van der Waals surface area contributed by atoms with Crippen molar-refractivity contribution < 1.29 is 4.79 Å². The van der Waals surface area contributed by atoms with Gasteiger partial charge in [-0.15, -0.1) is 0 Å². The SMILES string of the molecule is CNCC1CC(=O)N(CCCN(C)C)C1(C)C. The van der Waals surface area contributed by atoms with Gasteiger partial charge in [-0.2, -0.15) is 0 Å². The van der Waals surface area contributed by atoms with Crippen LogP contribution in [0.5, 0.6) is 0 Å². The predicted molar refractivity (Wildman–Crippen MR) is 71.0 cm³/mol. The van der Waals surface area contributed by atoms with Gasteiger partial charge >= 0.3 is 0 Å². The molecule has 0 bridgehead atoms. The molecule has 17 heavy (non-hydrogen) atoms. The molecular weight excluding hydrogens is 214 g/mol. The topological polar surface area (TPSA) is 35.6 Å². The summed E-state index contributed by atoms with van der Waals surface area (Å²) in [6.07, 6.45) is 1.74. The number of carbonyl (C=O) groups is 1. The Hall–Kier alpha value is -0.610. The molecule has 4 nitrogen and oxygen atoms in total. The summed E-state index contributed by atoms with van der Waals surface area (Å²) in [5.41, 5.74) is -0.00753. The molecule has 1 atom stereocenters. The van der Waals surface area contributed by atoms with E-state index in [1.54, 1.807) is 0 Å². The zero-order valence-electron chi connectivity index (χ0n) is 11.9. The van der Waals surface area contributed by atoms with E-state index in [0.29, 0.717) is 18.2 Å². The molecular formula is C13H27N3O. The molecule has 0 radical (unpaired) electrons. The fourth-order valence-electron chi connectivity index (χ4n) is 2.64. The van der Waals surface area contributed by atoms with Gasteiger partial charge in [0.15, 0.2) is 0 Å². The van der Waals surface area contributed by atoms with Gasteiger partial charge in [-0.25, -0.2) is 0 Å². The number of rotatable bonds is 6. The van der Waals surface area contributed by atoms with Crippen LogP contribution in [0.4, 0.5) is 0 Å². The lowest BCUT2D eigenvalue weighted by Crippen LogP contribution is -2.47. The molecule has 0 aliphatic carbocycles. The van der Waals surface area contributed by atoms with Gasteiger partial charge in [-0.05, 0) is 48.0 Å². The lowest BCUT2D eigenvalue weighted by Gasteiger charge is -2.36. The van der Waals surface area contributed by atoms with E-state index in [-0.39, 0.29) is 5.54 Å². The second-order valence-electron chi connectivity index (χ2n) is 5.81. The highest BCUT2D eigenvalue weighted by Crippen LogP contribution is 2.34. The standard InChI is InChI=1S/C13H27N3O/c1-13(2)11(10-14-3)9-12(17)16(13)8-6-7-15(4)5/h11,14H,6-10H2,1-5H3. The molecule has 1 unspecified atom stereocenters. The first-order chi connectivity index (χ1) is 7.89. The molecule has 100 valence electrons. The maximum Gasteiger partial charge on any atom is 0.223 e. The lowest BCUT2D eigenvalue weighted by atomic mass is 9.88. The Morgan fingerprint density at radius 3 is 2.65 bits per heavy atom. The lowest BCUT2D eigenvalue weighted by molar-refractivity contribution is -0.130. The van der Waals surface area contributed by atoms with Crippen LogP contribution in [0.1, 0.15) is 26.7 Å². The number of hydrogen-bond acceptors (Lipinski definition) is 3. The van der Waals surface area contributed by atoms with Crippen molar-refractivity contribution in [1.29, 1.82) is 0 Å². The first kappa shape index (κ1) is 14.5. The van der Waals surface area contributed by atoms with Crippen LogP contribution in [0.25, 0.3) is 0 Å². The Morgan fingerprint density at radius 2 is 2.12 bits per heavy atom. The molecule has 0 aromatic rings. The average molecular weight is 241 g/mol. The van der Waals surface area contributed by atoms with Gasteiger partial charge in [-0.1, -0.05) is 0 Å². The molecule has 0 saturated carbocycles. The Kier molecular flexibility index (Phi) is 4.95. The van der Waals surface area contributed by atoms with E-state index in [4.69, 9.17) is 0 Å². The summed E-state index contributed by atoms with van der Waals surface area (Å²) in [4.78, 5) is 16.3. The monoisotopic (exact) mass is 241 g/mol. The van der Waals surface area contributed by atoms with Crippen LogP contribution in [-0.2, 0) is 4.79 Å². The van der Waals surface area contributed by atoms with E-state index < -0.39 is 0 Å². The highest BCUT2D eigenvalue weighted by molar-refractivity contribution is 5.80. The summed E-state index contributed by atoms with van der Waals surface area (Å²) in [6, 6.07) is 0. The Labute approximate surface area is 105 Å². The minimum absolute atomic E-state index is 0.00753. The van der Waals surface area contributed by atoms with Crippen molar-refractivity contribution in [2.24, 2.45) is 5.92 Å². The zero-order chi connectivity index (χ0) is 13.1. The largest absolute Gasteiger partial charge is 0.337 e. The van der Waals surface area contributed by atoms with Crippen molar-refractivity contribution in [3.05, 3.63) is 0 Å². The molecule has 1 amide bonds. The molecule has 1 rings (SSSR count). The molecule has 1 saturated heterocycles. The smallest absolute Gasteiger partial charge is 0.223 e. The molecule has 1 heterocycles. The molecule has 0 aromatic carbocycles. The highest BCUT2D eigenvalue weighted by Gasteiger charge is 2.44. The van der Waals surface area contributed by atoms with Crippen LogP contribution < -0.4 is 5.32 Å². The molecule has 4 heteroatoms. The molecule has 1 aliphatic rings. The molecule has 1 N–H and O–H groups in total. The average Bonchev–Trinajstić information content (AvgIpc) is 2.41. The van der Waals surface area contributed by atoms with Crippen LogP contribution in [-0.4, -0.2) is 62.0 Å². The first-order valence-electron chi connectivity index (χ1n) is 6.49. The molecule has 1 aliphatic heterocycles. The van der Waals surface area contributed by atoms with Crippen molar-refractivity contribution in [2.45, 2.75) is 32.2 Å². The quantitative estimate of drug-likeness (QED) is 0.746. The third-order valence-electron chi connectivity index (χ3n) is 3.85. The molecule has 0 spiro atoms. The summed E-state index contributed by atoms with van der Waals surface area (Å²) < 4.78 is 0. The number of likely N-dealkylation sites (tertiary alicyclic amines) is 1. The van der Waals surface area contributed by atoms with E-state index >= 15 is 0 Å². The third-order valence-corrected chi connectivity index (χ3v) is 3.85. The number of nitrogens with zero attached hydrogens (tertiary/aromatic N) is 2. The van der Waals surface area contributed by atoms with Crippen LogP contribution in [0.3, 0.4) is 0 Å². The Bertz CT molecular complexity index is 263. The van der Waals surface area contributed by atoms with Gasteiger partial charge in [0.1, 0.15) is 0 Å². The second kappa shape index (κ2) is 5.83.